The summed E-state index contributed by atoms with van der Waals surface area (Å²) in [4.78, 5) is 0. The largest absolute Gasteiger partial charge is 0.512 e. The molecule has 0 spiro atoms. The van der Waals surface area contributed by atoms with Gasteiger partial charge in [-0.1, -0.05) is 44.2 Å². The lowest BCUT2D eigenvalue weighted by Gasteiger charge is -2.24. The van der Waals surface area contributed by atoms with Gasteiger partial charge in [0, 0.05) is 12.0 Å². The van der Waals surface area contributed by atoms with Gasteiger partial charge in [-0.25, -0.2) is 0 Å². The molecule has 0 heterocycles. The Kier molecular flexibility index (Phi) is 6.86. The van der Waals surface area contributed by atoms with Crippen LogP contribution in [-0.2, 0) is 11.3 Å². The summed E-state index contributed by atoms with van der Waals surface area (Å²) in [6, 6.07) is 10.0. The monoisotopic (exact) mass is 289 g/mol. The number of ether oxygens (including phenoxy) is 1. The first-order valence-corrected chi connectivity index (χ1v) is 7.41. The summed E-state index contributed by atoms with van der Waals surface area (Å²) in [5.74, 6) is 1.04. The van der Waals surface area contributed by atoms with E-state index in [1.165, 1.54) is 0 Å². The van der Waals surface area contributed by atoms with Gasteiger partial charge in [0.15, 0.2) is 5.88 Å². The van der Waals surface area contributed by atoms with E-state index in [-0.39, 0.29) is 5.41 Å². The van der Waals surface area contributed by atoms with Crippen molar-refractivity contribution >= 4 is 0 Å². The second-order valence-corrected chi connectivity index (χ2v) is 5.79. The van der Waals surface area contributed by atoms with E-state index in [1.54, 1.807) is 6.08 Å². The average Bonchev–Trinajstić information content (AvgIpc) is 2.49. The molecule has 0 unspecified atom stereocenters. The predicted molar refractivity (Wildman–Crippen MR) is 87.8 cm³/mol. The van der Waals surface area contributed by atoms with Crippen LogP contribution in [0.2, 0.25) is 0 Å². The minimum absolute atomic E-state index is 0.178. The lowest BCUT2D eigenvalue weighted by atomic mass is 9.85. The maximum atomic E-state index is 9.80. The lowest BCUT2D eigenvalue weighted by molar-refractivity contribution is 0.177. The van der Waals surface area contributed by atoms with E-state index >= 15 is 0 Å². The Morgan fingerprint density at radius 1 is 1.33 bits per heavy atom. The van der Waals surface area contributed by atoms with Crippen molar-refractivity contribution in [1.82, 2.24) is 5.32 Å². The molecular weight excluding hydrogens is 262 g/mol. The molecule has 0 amide bonds. The molecule has 21 heavy (non-hydrogen) atoms. The third kappa shape index (κ3) is 6.39. The summed E-state index contributed by atoms with van der Waals surface area (Å²) in [5.41, 5.74) is 0.947. The van der Waals surface area contributed by atoms with Crippen LogP contribution in [0.4, 0.5) is 0 Å². The molecule has 0 aliphatic rings. The minimum Gasteiger partial charge on any atom is -0.512 e. The van der Waals surface area contributed by atoms with Crippen molar-refractivity contribution in [1.29, 1.82) is 0 Å². The van der Waals surface area contributed by atoms with Gasteiger partial charge in [0.2, 0.25) is 0 Å². The van der Waals surface area contributed by atoms with E-state index in [4.69, 9.17) is 4.74 Å². The Hall–Kier alpha value is -1.90. The molecule has 3 nitrogen and oxygen atoms in total. The highest BCUT2D eigenvalue weighted by Gasteiger charge is 2.21. The van der Waals surface area contributed by atoms with Gasteiger partial charge < -0.3 is 15.2 Å². The Morgan fingerprint density at radius 2 is 2.00 bits per heavy atom. The molecule has 0 aliphatic carbocycles. The number of aliphatic hydroxyl groups excluding tert-OH is 1. The van der Waals surface area contributed by atoms with Crippen molar-refractivity contribution in [2.24, 2.45) is 5.41 Å². The molecular formula is C18H27NO2. The quantitative estimate of drug-likeness (QED) is 0.518. The van der Waals surface area contributed by atoms with Gasteiger partial charge in [-0.2, -0.15) is 0 Å². The van der Waals surface area contributed by atoms with E-state index in [0.29, 0.717) is 18.2 Å². The second-order valence-electron chi connectivity index (χ2n) is 5.79. The summed E-state index contributed by atoms with van der Waals surface area (Å²) in [5, 5.41) is 13.0. The van der Waals surface area contributed by atoms with Crippen molar-refractivity contribution in [2.75, 3.05) is 6.54 Å². The smallest absolute Gasteiger partial charge is 0.179 e. The van der Waals surface area contributed by atoms with Crippen LogP contribution < -0.4 is 5.32 Å². The van der Waals surface area contributed by atoms with E-state index in [1.807, 2.05) is 51.1 Å². The molecule has 3 heteroatoms. The highest BCUT2D eigenvalue weighted by Crippen LogP contribution is 2.29. The molecule has 0 bridgehead atoms. The Labute approximate surface area is 128 Å². The summed E-state index contributed by atoms with van der Waals surface area (Å²) < 4.78 is 5.56. The van der Waals surface area contributed by atoms with Crippen LogP contribution >= 0.6 is 0 Å². The first kappa shape index (κ1) is 17.2. The third-order valence-corrected chi connectivity index (χ3v) is 3.52. The lowest BCUT2D eigenvalue weighted by Crippen LogP contribution is -2.20. The maximum Gasteiger partial charge on any atom is 0.179 e. The van der Waals surface area contributed by atoms with Gasteiger partial charge in [-0.15, -0.1) is 0 Å². The van der Waals surface area contributed by atoms with Gasteiger partial charge >= 0.3 is 0 Å². The van der Waals surface area contributed by atoms with E-state index in [2.05, 4.69) is 11.9 Å². The minimum atomic E-state index is -0.178. The normalized spacial score (nSPS) is 12.0. The Balaban J connectivity index is 2.19. The summed E-state index contributed by atoms with van der Waals surface area (Å²) >= 11 is 0. The van der Waals surface area contributed by atoms with E-state index < -0.39 is 0 Å². The zero-order chi connectivity index (χ0) is 15.7. The van der Waals surface area contributed by atoms with Gasteiger partial charge in [-0.3, -0.25) is 0 Å². The summed E-state index contributed by atoms with van der Waals surface area (Å²) in [6.45, 7) is 11.1. The number of hydrogen-bond acceptors (Lipinski definition) is 3. The van der Waals surface area contributed by atoms with Crippen LogP contribution in [0.15, 0.2) is 54.6 Å². The van der Waals surface area contributed by atoms with Gasteiger partial charge in [0.1, 0.15) is 6.61 Å². The first-order valence-electron chi connectivity index (χ1n) is 7.41. The molecule has 0 aliphatic heterocycles. The zero-order valence-electron chi connectivity index (χ0n) is 13.4. The van der Waals surface area contributed by atoms with E-state index in [0.717, 1.165) is 24.9 Å². The fourth-order valence-electron chi connectivity index (χ4n) is 2.07. The SMILES string of the molecule is C=C(NCCCC(C)(C)/C(O)=C\C)OCc1ccccc1. The summed E-state index contributed by atoms with van der Waals surface area (Å²) in [6.07, 6.45) is 3.61. The average molecular weight is 289 g/mol. The molecule has 1 rings (SSSR count). The second kappa shape index (κ2) is 8.40. The van der Waals surface area contributed by atoms with Crippen LogP contribution in [0.25, 0.3) is 0 Å². The molecule has 0 fully saturated rings. The topological polar surface area (TPSA) is 41.5 Å². The predicted octanol–water partition coefficient (Wildman–Crippen LogP) is 4.53. The van der Waals surface area contributed by atoms with Crippen LogP contribution in [0.1, 0.15) is 39.2 Å². The number of nitrogens with one attached hydrogen (secondary N) is 1. The number of allylic oxidation sites excluding steroid dienone is 2. The van der Waals surface area contributed by atoms with Crippen LogP contribution in [-0.4, -0.2) is 11.7 Å². The number of aliphatic hydroxyl groups is 1. The first-order chi connectivity index (χ1) is 9.95. The molecule has 0 saturated heterocycles. The number of rotatable bonds is 9. The number of hydrogen-bond donors (Lipinski definition) is 2. The van der Waals surface area contributed by atoms with Crippen molar-refractivity contribution < 1.29 is 9.84 Å². The van der Waals surface area contributed by atoms with Crippen molar-refractivity contribution in [2.45, 2.75) is 40.2 Å². The van der Waals surface area contributed by atoms with Crippen molar-refractivity contribution in [3.8, 4) is 0 Å². The van der Waals surface area contributed by atoms with Crippen molar-refractivity contribution in [3.63, 3.8) is 0 Å². The highest BCUT2D eigenvalue weighted by atomic mass is 16.5. The van der Waals surface area contributed by atoms with Crippen LogP contribution in [0.3, 0.4) is 0 Å². The van der Waals surface area contributed by atoms with Crippen LogP contribution in [0.5, 0.6) is 0 Å². The molecule has 2 N–H and O–H groups in total. The maximum absolute atomic E-state index is 9.80. The van der Waals surface area contributed by atoms with Gasteiger partial charge in [-0.05, 0) is 38.0 Å². The van der Waals surface area contributed by atoms with Crippen molar-refractivity contribution in [3.05, 3.63) is 60.2 Å². The third-order valence-electron chi connectivity index (χ3n) is 3.52. The summed E-state index contributed by atoms with van der Waals surface area (Å²) in [7, 11) is 0. The number of benzene rings is 1. The van der Waals surface area contributed by atoms with E-state index in [9.17, 15) is 5.11 Å². The standard InChI is InChI=1S/C18H27NO2/c1-5-17(20)18(3,4)12-9-13-19-15(2)21-14-16-10-7-6-8-11-16/h5-8,10-11,19-20H,2,9,12-14H2,1,3-4H3/b17-5+. The molecule has 0 aromatic heterocycles. The Bertz CT molecular complexity index is 463. The fraction of sp³-hybridized carbons (Fsp3) is 0.444. The molecule has 116 valence electrons. The molecule has 1 aromatic rings. The fourth-order valence-corrected chi connectivity index (χ4v) is 2.07. The molecule has 0 atom stereocenters. The molecule has 1 aromatic carbocycles. The van der Waals surface area contributed by atoms with Crippen LogP contribution in [0, 0.1) is 5.41 Å². The van der Waals surface area contributed by atoms with Gasteiger partial charge in [0.05, 0.1) is 5.76 Å². The molecule has 0 saturated carbocycles. The van der Waals surface area contributed by atoms with Gasteiger partial charge in [0.25, 0.3) is 0 Å². The Morgan fingerprint density at radius 3 is 2.62 bits per heavy atom. The zero-order valence-corrected chi connectivity index (χ0v) is 13.4. The highest BCUT2D eigenvalue weighted by molar-refractivity contribution is 5.13. The molecule has 0 radical (unpaired) electrons.